The lowest BCUT2D eigenvalue weighted by Crippen LogP contribution is -2.22. The predicted octanol–water partition coefficient (Wildman–Crippen LogP) is 4.35. The van der Waals surface area contributed by atoms with Crippen LogP contribution in [0.25, 0.3) is 0 Å². The monoisotopic (exact) mass is 299 g/mol. The number of ether oxygens (including phenoxy) is 1. The number of halogens is 2. The summed E-state index contributed by atoms with van der Waals surface area (Å²) in [5.41, 5.74) is 2.54. The number of rotatable bonds is 11. The number of benzene rings is 1. The fourth-order valence-corrected chi connectivity index (χ4v) is 2.30. The maximum Gasteiger partial charge on any atom is 0.261 e. The topological polar surface area (TPSA) is 21.3 Å². The Hall–Kier alpha value is -1.00. The number of hydrogen-bond donors (Lipinski definition) is 1. The first kappa shape index (κ1) is 18.1. The van der Waals surface area contributed by atoms with E-state index in [1.54, 1.807) is 0 Å². The molecule has 0 amide bonds. The molecule has 0 aromatic heterocycles. The first-order chi connectivity index (χ1) is 10.2. The molecule has 0 bridgehead atoms. The van der Waals surface area contributed by atoms with Crippen LogP contribution in [0.1, 0.15) is 50.3 Å². The van der Waals surface area contributed by atoms with Gasteiger partial charge in [0.05, 0.1) is 0 Å². The molecule has 120 valence electrons. The summed E-state index contributed by atoms with van der Waals surface area (Å²) in [7, 11) is 0. The van der Waals surface area contributed by atoms with Crippen molar-refractivity contribution in [2.75, 3.05) is 19.8 Å². The van der Waals surface area contributed by atoms with Gasteiger partial charge in [-0.05, 0) is 36.9 Å². The summed E-state index contributed by atoms with van der Waals surface area (Å²) < 4.78 is 29.1. The van der Waals surface area contributed by atoms with Crippen LogP contribution in [-0.4, -0.2) is 26.2 Å². The summed E-state index contributed by atoms with van der Waals surface area (Å²) in [6, 6.07) is 8.74. The number of unbranched alkanes of at least 4 members (excludes halogenated alkanes) is 1. The Labute approximate surface area is 126 Å². The van der Waals surface area contributed by atoms with Crippen LogP contribution in [0.15, 0.2) is 24.3 Å². The van der Waals surface area contributed by atoms with E-state index in [-0.39, 0.29) is 6.04 Å². The van der Waals surface area contributed by atoms with Crippen LogP contribution >= 0.6 is 0 Å². The molecule has 1 atom stereocenters. The summed E-state index contributed by atoms with van der Waals surface area (Å²) in [5.74, 6) is 0. The van der Waals surface area contributed by atoms with Gasteiger partial charge in [0.25, 0.3) is 6.43 Å². The van der Waals surface area contributed by atoms with Crippen LogP contribution in [-0.2, 0) is 11.2 Å². The summed E-state index contributed by atoms with van der Waals surface area (Å²) in [4.78, 5) is 0. The van der Waals surface area contributed by atoms with Crippen molar-refractivity contribution in [1.29, 1.82) is 0 Å². The maximum absolute atomic E-state index is 12.0. The van der Waals surface area contributed by atoms with Crippen LogP contribution in [0.3, 0.4) is 0 Å². The van der Waals surface area contributed by atoms with Crippen molar-refractivity contribution < 1.29 is 13.5 Å². The minimum Gasteiger partial charge on any atom is -0.375 e. The molecule has 1 unspecified atom stereocenters. The van der Waals surface area contributed by atoms with Gasteiger partial charge in [0.15, 0.2) is 0 Å². The van der Waals surface area contributed by atoms with Gasteiger partial charge in [-0.3, -0.25) is 0 Å². The average molecular weight is 299 g/mol. The molecule has 21 heavy (non-hydrogen) atoms. The van der Waals surface area contributed by atoms with Crippen molar-refractivity contribution in [3.05, 3.63) is 35.4 Å². The molecule has 1 N–H and O–H groups in total. The Morgan fingerprint density at radius 1 is 1.14 bits per heavy atom. The Morgan fingerprint density at radius 3 is 2.43 bits per heavy atom. The molecule has 0 aliphatic rings. The second-order valence-electron chi connectivity index (χ2n) is 5.21. The highest BCUT2D eigenvalue weighted by Crippen LogP contribution is 2.18. The highest BCUT2D eigenvalue weighted by Gasteiger charge is 2.11. The van der Waals surface area contributed by atoms with Crippen LogP contribution in [0, 0.1) is 0 Å². The van der Waals surface area contributed by atoms with Crippen molar-refractivity contribution in [3.63, 3.8) is 0 Å². The van der Waals surface area contributed by atoms with E-state index in [0.717, 1.165) is 13.0 Å². The van der Waals surface area contributed by atoms with Gasteiger partial charge >= 0.3 is 0 Å². The lowest BCUT2D eigenvalue weighted by atomic mass is 10.0. The minimum absolute atomic E-state index is 0.160. The van der Waals surface area contributed by atoms with Crippen LogP contribution < -0.4 is 5.32 Å². The smallest absolute Gasteiger partial charge is 0.261 e. The number of hydrogen-bond acceptors (Lipinski definition) is 2. The quantitative estimate of drug-likeness (QED) is 0.613. The van der Waals surface area contributed by atoms with Gasteiger partial charge in [0.2, 0.25) is 0 Å². The van der Waals surface area contributed by atoms with Gasteiger partial charge in [-0.2, -0.15) is 0 Å². The average Bonchev–Trinajstić information content (AvgIpc) is 2.48. The van der Waals surface area contributed by atoms with E-state index in [1.165, 1.54) is 24.0 Å². The second-order valence-corrected chi connectivity index (χ2v) is 5.21. The molecule has 0 heterocycles. The van der Waals surface area contributed by atoms with Crippen LogP contribution in [0.5, 0.6) is 0 Å². The highest BCUT2D eigenvalue weighted by atomic mass is 19.3. The molecule has 0 spiro atoms. The van der Waals surface area contributed by atoms with Crippen LogP contribution in [0.2, 0.25) is 0 Å². The third kappa shape index (κ3) is 7.53. The molecular weight excluding hydrogens is 272 g/mol. The molecule has 0 saturated heterocycles. The summed E-state index contributed by atoms with van der Waals surface area (Å²) in [5, 5.41) is 3.38. The molecule has 1 aromatic carbocycles. The van der Waals surface area contributed by atoms with Crippen molar-refractivity contribution in [2.45, 2.75) is 52.0 Å². The van der Waals surface area contributed by atoms with E-state index in [2.05, 4.69) is 36.5 Å². The minimum atomic E-state index is -2.39. The van der Waals surface area contributed by atoms with Gasteiger partial charge in [-0.25, -0.2) is 8.78 Å². The lowest BCUT2D eigenvalue weighted by molar-refractivity contribution is 0.0144. The lowest BCUT2D eigenvalue weighted by Gasteiger charge is -2.19. The predicted molar refractivity (Wildman–Crippen MR) is 82.9 cm³/mol. The number of aryl methyl sites for hydroxylation is 1. The van der Waals surface area contributed by atoms with Crippen molar-refractivity contribution in [3.8, 4) is 0 Å². The first-order valence-corrected chi connectivity index (χ1v) is 7.85. The molecule has 1 aromatic rings. The number of alkyl halides is 2. The van der Waals surface area contributed by atoms with E-state index in [9.17, 15) is 8.78 Å². The Bertz CT molecular complexity index is 368. The fraction of sp³-hybridized carbons (Fsp3) is 0.647. The molecular formula is C17H27F2NO. The molecule has 0 saturated carbocycles. The third-order valence-corrected chi connectivity index (χ3v) is 3.45. The van der Waals surface area contributed by atoms with Crippen molar-refractivity contribution >= 4 is 0 Å². The van der Waals surface area contributed by atoms with Crippen LogP contribution in [0.4, 0.5) is 8.78 Å². The Morgan fingerprint density at radius 2 is 1.86 bits per heavy atom. The fourth-order valence-electron chi connectivity index (χ4n) is 2.30. The van der Waals surface area contributed by atoms with Gasteiger partial charge in [0, 0.05) is 12.6 Å². The molecule has 0 fully saturated rings. The number of nitrogens with one attached hydrogen (secondary N) is 1. The van der Waals surface area contributed by atoms with Gasteiger partial charge in [0.1, 0.15) is 6.61 Å². The SMILES string of the molecule is CCCCc1ccc(C(CCOCC(F)F)NCC)cc1. The highest BCUT2D eigenvalue weighted by molar-refractivity contribution is 5.25. The summed E-state index contributed by atoms with van der Waals surface area (Å²) >= 11 is 0. The zero-order valence-electron chi connectivity index (χ0n) is 13.1. The largest absolute Gasteiger partial charge is 0.375 e. The van der Waals surface area contributed by atoms with Crippen molar-refractivity contribution in [1.82, 2.24) is 5.32 Å². The normalized spacial score (nSPS) is 12.8. The van der Waals surface area contributed by atoms with Gasteiger partial charge in [-0.15, -0.1) is 0 Å². The second kappa shape index (κ2) is 10.7. The van der Waals surface area contributed by atoms with Gasteiger partial charge < -0.3 is 10.1 Å². The first-order valence-electron chi connectivity index (χ1n) is 7.85. The zero-order valence-corrected chi connectivity index (χ0v) is 13.1. The maximum atomic E-state index is 12.0. The third-order valence-electron chi connectivity index (χ3n) is 3.45. The summed E-state index contributed by atoms with van der Waals surface area (Å²) in [6.07, 6.45) is 1.83. The standard InChI is InChI=1S/C17H27F2NO/c1-3-5-6-14-7-9-15(10-8-14)16(20-4-2)11-12-21-13-17(18)19/h7-10,16-17,20H,3-6,11-13H2,1-2H3. The molecule has 0 radical (unpaired) electrons. The molecule has 4 heteroatoms. The summed E-state index contributed by atoms with van der Waals surface area (Å²) in [6.45, 7) is 4.95. The molecule has 0 aliphatic heterocycles. The zero-order chi connectivity index (χ0) is 15.5. The van der Waals surface area contributed by atoms with Crippen molar-refractivity contribution in [2.24, 2.45) is 0 Å². The Balaban J connectivity index is 2.50. The van der Waals surface area contributed by atoms with E-state index >= 15 is 0 Å². The van der Waals surface area contributed by atoms with E-state index < -0.39 is 13.0 Å². The molecule has 2 nitrogen and oxygen atoms in total. The Kier molecular flexibility index (Phi) is 9.19. The van der Waals surface area contributed by atoms with E-state index in [4.69, 9.17) is 4.74 Å². The van der Waals surface area contributed by atoms with Gasteiger partial charge in [-0.1, -0.05) is 44.5 Å². The molecule has 1 rings (SSSR count). The van der Waals surface area contributed by atoms with E-state index in [1.807, 2.05) is 6.92 Å². The molecule has 0 aliphatic carbocycles. The van der Waals surface area contributed by atoms with E-state index in [0.29, 0.717) is 13.0 Å².